The number of rotatable bonds is 3. The van der Waals surface area contributed by atoms with Crippen LogP contribution in [0.25, 0.3) is 0 Å². The first-order valence-corrected chi connectivity index (χ1v) is 5.88. The van der Waals surface area contributed by atoms with Gasteiger partial charge in [0.1, 0.15) is 28.9 Å². The van der Waals surface area contributed by atoms with E-state index in [4.69, 9.17) is 10.5 Å². The van der Waals surface area contributed by atoms with E-state index in [1.807, 2.05) is 0 Å². The molecular weight excluding hydrogens is 297 g/mol. The molecule has 1 aromatic heterocycles. The molecule has 1 heterocycles. The van der Waals surface area contributed by atoms with Crippen LogP contribution in [-0.4, -0.2) is 9.59 Å². The molecule has 7 heteroatoms. The molecule has 0 atom stereocenters. The molecule has 0 radical (unpaired) electrons. The molecule has 2 rings (SSSR count). The Morgan fingerprint density at radius 2 is 2.31 bits per heavy atom. The number of benzene rings is 1. The number of aromatic nitrogens is 2. The molecule has 0 spiro atoms. The Morgan fingerprint density at radius 1 is 1.50 bits per heavy atom. The third-order valence-electron chi connectivity index (χ3n) is 1.85. The highest BCUT2D eigenvalue weighted by molar-refractivity contribution is 9.10. The van der Waals surface area contributed by atoms with Gasteiger partial charge in [-0.05, 0) is 34.1 Å². The van der Waals surface area contributed by atoms with E-state index in [1.54, 1.807) is 6.07 Å². The largest absolute Gasteiger partial charge is 0.487 e. The Hall–Kier alpha value is -1.21. The highest BCUT2D eigenvalue weighted by Crippen LogP contribution is 2.23. The molecule has 0 amide bonds. The highest BCUT2D eigenvalue weighted by Gasteiger charge is 2.06. The van der Waals surface area contributed by atoms with E-state index < -0.39 is 0 Å². The van der Waals surface area contributed by atoms with E-state index in [0.29, 0.717) is 20.9 Å². The normalized spacial score (nSPS) is 10.4. The van der Waals surface area contributed by atoms with Gasteiger partial charge >= 0.3 is 0 Å². The van der Waals surface area contributed by atoms with Gasteiger partial charge in [0, 0.05) is 11.5 Å². The van der Waals surface area contributed by atoms with Gasteiger partial charge in [-0.3, -0.25) is 0 Å². The summed E-state index contributed by atoms with van der Waals surface area (Å²) in [7, 11) is 0. The van der Waals surface area contributed by atoms with Crippen LogP contribution < -0.4 is 10.5 Å². The maximum absolute atomic E-state index is 12.9. The number of hydrogen-bond donors (Lipinski definition) is 1. The van der Waals surface area contributed by atoms with Crippen molar-refractivity contribution in [2.75, 3.05) is 5.73 Å². The number of nitrogens with two attached hydrogens (primary N) is 1. The Labute approximate surface area is 104 Å². The summed E-state index contributed by atoms with van der Waals surface area (Å²) in [4.78, 5) is 0. The smallest absolute Gasteiger partial charge is 0.137 e. The van der Waals surface area contributed by atoms with E-state index >= 15 is 0 Å². The summed E-state index contributed by atoms with van der Waals surface area (Å²) in [6.07, 6.45) is 0. The molecule has 16 heavy (non-hydrogen) atoms. The van der Waals surface area contributed by atoms with Gasteiger partial charge in [-0.15, -0.1) is 5.10 Å². The summed E-state index contributed by atoms with van der Waals surface area (Å²) in [6, 6.07) is 4.41. The summed E-state index contributed by atoms with van der Waals surface area (Å²) in [5.74, 6) is 0.211. The number of anilines is 1. The monoisotopic (exact) mass is 303 g/mol. The molecule has 0 aliphatic carbocycles. The van der Waals surface area contributed by atoms with Gasteiger partial charge in [0.25, 0.3) is 0 Å². The highest BCUT2D eigenvalue weighted by atomic mass is 79.9. The van der Waals surface area contributed by atoms with Crippen molar-refractivity contribution in [2.45, 2.75) is 6.61 Å². The second-order valence-corrected chi connectivity index (χ2v) is 4.59. The van der Waals surface area contributed by atoms with Crippen LogP contribution in [0.4, 0.5) is 9.39 Å². The van der Waals surface area contributed by atoms with Crippen molar-refractivity contribution in [3.63, 3.8) is 0 Å². The Morgan fingerprint density at radius 3 is 2.94 bits per heavy atom. The quantitative estimate of drug-likeness (QED) is 0.947. The second kappa shape index (κ2) is 4.75. The summed E-state index contributed by atoms with van der Waals surface area (Å²) >= 11 is 4.19. The van der Waals surface area contributed by atoms with Crippen LogP contribution >= 0.6 is 27.5 Å². The Kier molecular flexibility index (Phi) is 3.35. The standard InChI is InChI=1S/C9H7BrFN3OS/c10-6-3-5(1-2-7(6)11)15-4-8-9(12)16-14-13-8/h1-3H,4,12H2. The van der Waals surface area contributed by atoms with Crippen LogP contribution in [0, 0.1) is 5.82 Å². The van der Waals surface area contributed by atoms with Crippen molar-refractivity contribution < 1.29 is 9.13 Å². The number of nitrogens with zero attached hydrogens (tertiary/aromatic N) is 2. The van der Waals surface area contributed by atoms with Gasteiger partial charge < -0.3 is 10.5 Å². The topological polar surface area (TPSA) is 61.0 Å². The van der Waals surface area contributed by atoms with E-state index in [0.717, 1.165) is 11.5 Å². The average molecular weight is 304 g/mol. The fraction of sp³-hybridized carbons (Fsp3) is 0.111. The minimum Gasteiger partial charge on any atom is -0.487 e. The third kappa shape index (κ3) is 2.48. The molecule has 84 valence electrons. The molecule has 1 aromatic carbocycles. The maximum Gasteiger partial charge on any atom is 0.137 e. The van der Waals surface area contributed by atoms with Crippen LogP contribution in [0.3, 0.4) is 0 Å². The van der Waals surface area contributed by atoms with Crippen molar-refractivity contribution in [2.24, 2.45) is 0 Å². The zero-order valence-corrected chi connectivity index (χ0v) is 10.4. The molecular formula is C9H7BrFN3OS. The SMILES string of the molecule is Nc1snnc1COc1ccc(F)c(Br)c1. The maximum atomic E-state index is 12.9. The lowest BCUT2D eigenvalue weighted by Gasteiger charge is -2.05. The van der Waals surface area contributed by atoms with Crippen LogP contribution in [0.5, 0.6) is 5.75 Å². The number of ether oxygens (including phenoxy) is 1. The van der Waals surface area contributed by atoms with Gasteiger partial charge in [0.2, 0.25) is 0 Å². The van der Waals surface area contributed by atoms with E-state index in [9.17, 15) is 4.39 Å². The van der Waals surface area contributed by atoms with Gasteiger partial charge in [0.15, 0.2) is 0 Å². The molecule has 2 aromatic rings. The summed E-state index contributed by atoms with van der Waals surface area (Å²) < 4.78 is 22.4. The predicted octanol–water partition coefficient (Wildman–Crippen LogP) is 2.60. The lowest BCUT2D eigenvalue weighted by Crippen LogP contribution is -1.99. The summed E-state index contributed by atoms with van der Waals surface area (Å²) in [5.41, 5.74) is 6.19. The molecule has 0 fully saturated rings. The zero-order chi connectivity index (χ0) is 11.5. The molecule has 2 N–H and O–H groups in total. The minimum atomic E-state index is -0.331. The van der Waals surface area contributed by atoms with Crippen LogP contribution in [0.15, 0.2) is 22.7 Å². The van der Waals surface area contributed by atoms with Crippen LogP contribution in [0.1, 0.15) is 5.69 Å². The number of halogens is 2. The second-order valence-electron chi connectivity index (χ2n) is 2.95. The fourth-order valence-electron chi connectivity index (χ4n) is 1.03. The van der Waals surface area contributed by atoms with Crippen molar-refractivity contribution in [3.05, 3.63) is 34.2 Å². The molecule has 0 saturated heterocycles. The minimum absolute atomic E-state index is 0.223. The molecule has 0 unspecified atom stereocenters. The first kappa shape index (κ1) is 11.3. The molecule has 0 aliphatic rings. The van der Waals surface area contributed by atoms with Gasteiger partial charge in [0.05, 0.1) is 4.47 Å². The Bertz CT molecular complexity index is 505. The third-order valence-corrected chi connectivity index (χ3v) is 3.06. The molecule has 4 nitrogen and oxygen atoms in total. The van der Waals surface area contributed by atoms with Gasteiger partial charge in [-0.2, -0.15) is 0 Å². The molecule has 0 bridgehead atoms. The van der Waals surface area contributed by atoms with Crippen molar-refractivity contribution in [1.29, 1.82) is 0 Å². The van der Waals surface area contributed by atoms with Crippen LogP contribution in [0.2, 0.25) is 0 Å². The van der Waals surface area contributed by atoms with Crippen molar-refractivity contribution >= 4 is 32.5 Å². The average Bonchev–Trinajstić information content (AvgIpc) is 2.66. The van der Waals surface area contributed by atoms with E-state index in [-0.39, 0.29) is 12.4 Å². The van der Waals surface area contributed by atoms with Gasteiger partial charge in [-0.25, -0.2) is 4.39 Å². The van der Waals surface area contributed by atoms with E-state index in [1.165, 1.54) is 12.1 Å². The first-order valence-electron chi connectivity index (χ1n) is 4.31. The van der Waals surface area contributed by atoms with Gasteiger partial charge in [-0.1, -0.05) is 4.49 Å². The van der Waals surface area contributed by atoms with E-state index in [2.05, 4.69) is 25.5 Å². The summed E-state index contributed by atoms with van der Waals surface area (Å²) in [5, 5.41) is 4.33. The fourth-order valence-corrected chi connectivity index (χ4v) is 1.82. The molecule has 0 saturated carbocycles. The summed E-state index contributed by atoms with van der Waals surface area (Å²) in [6.45, 7) is 0.223. The lowest BCUT2D eigenvalue weighted by atomic mass is 10.3. The Balaban J connectivity index is 2.05. The number of nitrogen functional groups attached to an aromatic ring is 1. The van der Waals surface area contributed by atoms with Crippen molar-refractivity contribution in [1.82, 2.24) is 9.59 Å². The number of hydrogen-bond acceptors (Lipinski definition) is 5. The lowest BCUT2D eigenvalue weighted by molar-refractivity contribution is 0.301. The van der Waals surface area contributed by atoms with Crippen LogP contribution in [-0.2, 0) is 6.61 Å². The molecule has 0 aliphatic heterocycles. The predicted molar refractivity (Wildman–Crippen MR) is 62.8 cm³/mol. The zero-order valence-electron chi connectivity index (χ0n) is 7.98. The van der Waals surface area contributed by atoms with Crippen molar-refractivity contribution in [3.8, 4) is 5.75 Å². The first-order chi connectivity index (χ1) is 7.66.